The van der Waals surface area contributed by atoms with E-state index in [9.17, 15) is 14.0 Å². The third-order valence-electron chi connectivity index (χ3n) is 3.23. The minimum atomic E-state index is -0.617. The predicted octanol–water partition coefficient (Wildman–Crippen LogP) is 3.42. The average molecular weight is 394 g/mol. The third kappa shape index (κ3) is 6.71. The lowest BCUT2D eigenvalue weighted by Crippen LogP contribution is -2.28. The van der Waals surface area contributed by atoms with Crippen molar-refractivity contribution in [3.05, 3.63) is 52.2 Å². The van der Waals surface area contributed by atoms with Crippen molar-refractivity contribution >= 4 is 17.7 Å². The van der Waals surface area contributed by atoms with Crippen molar-refractivity contribution in [2.24, 2.45) is 0 Å². The van der Waals surface area contributed by atoms with E-state index in [4.69, 9.17) is 9.47 Å². The van der Waals surface area contributed by atoms with Crippen molar-refractivity contribution in [3.8, 4) is 5.75 Å². The Labute approximate surface area is 161 Å². The maximum atomic E-state index is 13.0. The molecule has 0 aliphatic heterocycles. The summed E-state index contributed by atoms with van der Waals surface area (Å²) in [6.07, 6.45) is 1.47. The van der Waals surface area contributed by atoms with Crippen LogP contribution in [-0.2, 0) is 21.8 Å². The summed E-state index contributed by atoms with van der Waals surface area (Å²) in [5.74, 6) is -0.217. The highest BCUT2D eigenvalue weighted by atomic mass is 32.2. The Bertz CT molecular complexity index is 844. The molecule has 0 fully saturated rings. The number of esters is 1. The first-order valence-electron chi connectivity index (χ1n) is 8.51. The van der Waals surface area contributed by atoms with Gasteiger partial charge in [-0.1, -0.05) is 23.9 Å². The van der Waals surface area contributed by atoms with Gasteiger partial charge in [-0.05, 0) is 45.4 Å². The molecule has 8 heteroatoms. The van der Waals surface area contributed by atoms with E-state index in [0.29, 0.717) is 17.5 Å². The molecule has 146 valence electrons. The molecule has 27 heavy (non-hydrogen) atoms. The Hall–Kier alpha value is -2.35. The normalized spacial score (nSPS) is 11.3. The average Bonchev–Trinajstić information content (AvgIpc) is 2.56. The van der Waals surface area contributed by atoms with Gasteiger partial charge in [-0.3, -0.25) is 9.59 Å². The smallest absolute Gasteiger partial charge is 0.326 e. The second kappa shape index (κ2) is 9.03. The first-order valence-corrected chi connectivity index (χ1v) is 9.50. The van der Waals surface area contributed by atoms with E-state index in [2.05, 4.69) is 4.98 Å². The molecule has 0 unspecified atom stereocenters. The number of thioether (sulfide) groups is 1. The quantitative estimate of drug-likeness (QED) is 0.407. The first kappa shape index (κ1) is 21.0. The van der Waals surface area contributed by atoms with Gasteiger partial charge in [0.05, 0.1) is 12.8 Å². The van der Waals surface area contributed by atoms with Gasteiger partial charge < -0.3 is 14.0 Å². The lowest BCUT2D eigenvalue weighted by molar-refractivity contribution is -0.155. The van der Waals surface area contributed by atoms with Crippen LogP contribution in [0.4, 0.5) is 4.39 Å². The number of halogens is 1. The number of rotatable bonds is 7. The Morgan fingerprint density at radius 2 is 1.93 bits per heavy atom. The summed E-state index contributed by atoms with van der Waals surface area (Å²) in [5, 5.41) is 0.360. The SMILES string of the molecule is CCOc1cn(CC(=O)OC(C)(C)C)c(SCc2ccc(F)cc2)nc1=O. The zero-order valence-electron chi connectivity index (χ0n) is 15.8. The van der Waals surface area contributed by atoms with Crippen LogP contribution in [0.2, 0.25) is 0 Å². The van der Waals surface area contributed by atoms with Gasteiger partial charge in [0.15, 0.2) is 5.16 Å². The highest BCUT2D eigenvalue weighted by Gasteiger charge is 2.19. The topological polar surface area (TPSA) is 70.4 Å². The van der Waals surface area contributed by atoms with E-state index >= 15 is 0 Å². The van der Waals surface area contributed by atoms with Gasteiger partial charge in [0.1, 0.15) is 18.0 Å². The van der Waals surface area contributed by atoms with Gasteiger partial charge in [-0.2, -0.15) is 4.98 Å². The molecule has 0 saturated heterocycles. The Kier molecular flexibility index (Phi) is 7.01. The van der Waals surface area contributed by atoms with Gasteiger partial charge in [0.25, 0.3) is 0 Å². The highest BCUT2D eigenvalue weighted by molar-refractivity contribution is 7.98. The molecular formula is C19H23FN2O4S. The number of benzene rings is 1. The van der Waals surface area contributed by atoms with Gasteiger partial charge in [0.2, 0.25) is 5.75 Å². The van der Waals surface area contributed by atoms with Crippen molar-refractivity contribution in [3.63, 3.8) is 0 Å². The summed E-state index contributed by atoms with van der Waals surface area (Å²) < 4.78 is 25.2. The summed E-state index contributed by atoms with van der Waals surface area (Å²) in [6, 6.07) is 6.06. The minimum absolute atomic E-state index is 0.0761. The molecule has 1 aromatic heterocycles. The van der Waals surface area contributed by atoms with Crippen LogP contribution in [0.3, 0.4) is 0 Å². The molecule has 0 aliphatic rings. The van der Waals surface area contributed by atoms with Crippen LogP contribution in [0.5, 0.6) is 5.75 Å². The van der Waals surface area contributed by atoms with Crippen molar-refractivity contribution in [1.82, 2.24) is 9.55 Å². The van der Waals surface area contributed by atoms with Crippen LogP contribution in [0.1, 0.15) is 33.3 Å². The second-order valence-corrected chi connectivity index (χ2v) is 7.70. The highest BCUT2D eigenvalue weighted by Crippen LogP contribution is 2.22. The number of hydrogen-bond acceptors (Lipinski definition) is 6. The molecule has 0 saturated carbocycles. The molecule has 0 aliphatic carbocycles. The monoisotopic (exact) mass is 394 g/mol. The molecule has 0 atom stereocenters. The van der Waals surface area contributed by atoms with E-state index in [1.807, 2.05) is 0 Å². The fourth-order valence-electron chi connectivity index (χ4n) is 2.18. The number of nitrogens with zero attached hydrogens (tertiary/aromatic N) is 2. The van der Waals surface area contributed by atoms with E-state index in [0.717, 1.165) is 5.56 Å². The third-order valence-corrected chi connectivity index (χ3v) is 4.29. The lowest BCUT2D eigenvalue weighted by atomic mass is 10.2. The fourth-order valence-corrected chi connectivity index (χ4v) is 3.10. The first-order chi connectivity index (χ1) is 12.7. The van der Waals surface area contributed by atoms with Crippen LogP contribution in [-0.4, -0.2) is 27.7 Å². The predicted molar refractivity (Wildman–Crippen MR) is 101 cm³/mol. The Morgan fingerprint density at radius 1 is 1.26 bits per heavy atom. The number of carbonyl (C=O) groups excluding carboxylic acids is 1. The van der Waals surface area contributed by atoms with Crippen molar-refractivity contribution < 1.29 is 18.7 Å². The summed E-state index contributed by atoms with van der Waals surface area (Å²) >= 11 is 1.27. The Balaban J connectivity index is 2.24. The van der Waals surface area contributed by atoms with Gasteiger partial charge in [0, 0.05) is 5.75 Å². The second-order valence-electron chi connectivity index (χ2n) is 6.76. The van der Waals surface area contributed by atoms with Crippen LogP contribution < -0.4 is 10.3 Å². The number of carbonyl (C=O) groups is 1. The molecule has 2 aromatic rings. The number of aromatic nitrogens is 2. The number of hydrogen-bond donors (Lipinski definition) is 0. The molecule has 0 amide bonds. The van der Waals surface area contributed by atoms with Crippen molar-refractivity contribution in [2.75, 3.05) is 6.61 Å². The molecule has 0 bridgehead atoms. The zero-order chi connectivity index (χ0) is 20.0. The summed E-state index contributed by atoms with van der Waals surface area (Å²) in [5.41, 5.74) is -0.250. The molecule has 6 nitrogen and oxygen atoms in total. The molecule has 0 spiro atoms. The van der Waals surface area contributed by atoms with Crippen LogP contribution in [0, 0.1) is 5.82 Å². The Morgan fingerprint density at radius 3 is 2.52 bits per heavy atom. The zero-order valence-corrected chi connectivity index (χ0v) is 16.6. The molecule has 2 rings (SSSR count). The van der Waals surface area contributed by atoms with Crippen molar-refractivity contribution in [2.45, 2.75) is 50.8 Å². The maximum absolute atomic E-state index is 13.0. The number of ether oxygens (including phenoxy) is 2. The van der Waals surface area contributed by atoms with Crippen LogP contribution in [0.15, 0.2) is 40.4 Å². The minimum Gasteiger partial charge on any atom is -0.487 e. The van der Waals surface area contributed by atoms with Gasteiger partial charge >= 0.3 is 11.5 Å². The van der Waals surface area contributed by atoms with Crippen LogP contribution in [0.25, 0.3) is 0 Å². The fraction of sp³-hybridized carbons (Fsp3) is 0.421. The van der Waals surface area contributed by atoms with Crippen molar-refractivity contribution in [1.29, 1.82) is 0 Å². The lowest BCUT2D eigenvalue weighted by Gasteiger charge is -2.20. The maximum Gasteiger partial charge on any atom is 0.326 e. The van der Waals surface area contributed by atoms with E-state index in [1.54, 1.807) is 39.8 Å². The van der Waals surface area contributed by atoms with Crippen LogP contribution >= 0.6 is 11.8 Å². The molecular weight excluding hydrogens is 371 g/mol. The summed E-state index contributed by atoms with van der Waals surface area (Å²) in [4.78, 5) is 28.4. The summed E-state index contributed by atoms with van der Waals surface area (Å²) in [6.45, 7) is 7.32. The summed E-state index contributed by atoms with van der Waals surface area (Å²) in [7, 11) is 0. The largest absolute Gasteiger partial charge is 0.487 e. The molecule has 0 N–H and O–H groups in total. The van der Waals surface area contributed by atoms with Gasteiger partial charge in [-0.15, -0.1) is 0 Å². The van der Waals surface area contributed by atoms with Gasteiger partial charge in [-0.25, -0.2) is 4.39 Å². The van der Waals surface area contributed by atoms with E-state index in [1.165, 1.54) is 34.7 Å². The molecule has 1 heterocycles. The molecule has 0 radical (unpaired) electrons. The standard InChI is InChI=1S/C19H23FN2O4S/c1-5-25-15-10-22(11-16(23)26-19(2,3)4)18(21-17(15)24)27-12-13-6-8-14(20)9-7-13/h6-10H,5,11-12H2,1-4H3. The van der Waals surface area contributed by atoms with E-state index < -0.39 is 17.1 Å². The molecule has 1 aromatic carbocycles. The van der Waals surface area contributed by atoms with E-state index in [-0.39, 0.29) is 18.1 Å².